The summed E-state index contributed by atoms with van der Waals surface area (Å²) in [6.45, 7) is 1.68. The smallest absolute Gasteiger partial charge is 0.303 e. The van der Waals surface area contributed by atoms with Crippen molar-refractivity contribution in [3.05, 3.63) is 47.7 Å². The van der Waals surface area contributed by atoms with Gasteiger partial charge in [-0.25, -0.2) is 4.98 Å². The molecule has 0 radical (unpaired) electrons. The molecule has 20 heavy (non-hydrogen) atoms. The number of anilines is 1. The van der Waals surface area contributed by atoms with Crippen LogP contribution in [0.5, 0.6) is 0 Å². The van der Waals surface area contributed by atoms with Crippen molar-refractivity contribution in [2.45, 2.75) is 19.8 Å². The molecule has 0 fully saturated rings. The second-order valence-electron chi connectivity index (χ2n) is 4.32. The molecular formula is C14H14N2O4. The Morgan fingerprint density at radius 1 is 1.40 bits per heavy atom. The predicted octanol–water partition coefficient (Wildman–Crippen LogP) is 2.25. The Labute approximate surface area is 115 Å². The van der Waals surface area contributed by atoms with E-state index in [9.17, 15) is 9.59 Å². The summed E-state index contributed by atoms with van der Waals surface area (Å²) in [6, 6.07) is 7.05. The lowest BCUT2D eigenvalue weighted by molar-refractivity contribution is -0.136. The molecule has 1 aromatic carbocycles. The fourth-order valence-corrected chi connectivity index (χ4v) is 1.76. The van der Waals surface area contributed by atoms with Crippen LogP contribution in [0.2, 0.25) is 0 Å². The number of nitrogens with one attached hydrogen (secondary N) is 1. The van der Waals surface area contributed by atoms with Gasteiger partial charge in [-0.2, -0.15) is 0 Å². The van der Waals surface area contributed by atoms with E-state index in [2.05, 4.69) is 10.3 Å². The molecule has 0 spiro atoms. The molecule has 0 aliphatic heterocycles. The lowest BCUT2D eigenvalue weighted by Gasteiger charge is -2.06. The zero-order valence-electron chi connectivity index (χ0n) is 10.9. The normalized spacial score (nSPS) is 10.2. The number of carbonyl (C=O) groups is 2. The summed E-state index contributed by atoms with van der Waals surface area (Å²) >= 11 is 0. The first-order valence-electron chi connectivity index (χ1n) is 6.08. The number of rotatable bonds is 5. The van der Waals surface area contributed by atoms with Crippen LogP contribution in [-0.4, -0.2) is 22.0 Å². The topological polar surface area (TPSA) is 92.4 Å². The summed E-state index contributed by atoms with van der Waals surface area (Å²) in [5.41, 5.74) is 1.96. The van der Waals surface area contributed by atoms with Crippen molar-refractivity contribution in [1.29, 1.82) is 0 Å². The molecule has 2 rings (SSSR count). The summed E-state index contributed by atoms with van der Waals surface area (Å²) in [5, 5.41) is 11.3. The molecule has 0 saturated heterocycles. The molecule has 6 nitrogen and oxygen atoms in total. The first-order valence-corrected chi connectivity index (χ1v) is 6.08. The molecule has 104 valence electrons. The van der Waals surface area contributed by atoms with Crippen LogP contribution in [0.1, 0.15) is 28.2 Å². The van der Waals surface area contributed by atoms with Gasteiger partial charge in [0.1, 0.15) is 0 Å². The van der Waals surface area contributed by atoms with Gasteiger partial charge in [0.2, 0.25) is 5.76 Å². The number of carboxylic acid groups (broad SMARTS) is 1. The highest BCUT2D eigenvalue weighted by Gasteiger charge is 2.14. The SMILES string of the molecule is Cc1ncoc1C(=O)Nc1cccc(CCC(=O)O)c1. The van der Waals surface area contributed by atoms with E-state index in [4.69, 9.17) is 9.52 Å². The van der Waals surface area contributed by atoms with Gasteiger partial charge >= 0.3 is 5.97 Å². The molecular weight excluding hydrogens is 260 g/mol. The maximum absolute atomic E-state index is 11.9. The Morgan fingerprint density at radius 3 is 2.85 bits per heavy atom. The number of benzene rings is 1. The summed E-state index contributed by atoms with van der Waals surface area (Å²) in [5.74, 6) is -1.06. The summed E-state index contributed by atoms with van der Waals surface area (Å²) < 4.78 is 5.01. The van der Waals surface area contributed by atoms with Crippen molar-refractivity contribution in [2.75, 3.05) is 5.32 Å². The lowest BCUT2D eigenvalue weighted by atomic mass is 10.1. The number of nitrogens with zero attached hydrogens (tertiary/aromatic N) is 1. The Kier molecular flexibility index (Phi) is 4.14. The molecule has 0 aliphatic rings. The molecule has 2 aromatic rings. The standard InChI is InChI=1S/C14H14N2O4/c1-9-13(20-8-15-9)14(19)16-11-4-2-3-10(7-11)5-6-12(17)18/h2-4,7-8H,5-6H2,1H3,(H,16,19)(H,17,18). The third-order valence-corrected chi connectivity index (χ3v) is 2.76. The predicted molar refractivity (Wildman–Crippen MR) is 71.6 cm³/mol. The van der Waals surface area contributed by atoms with E-state index in [1.54, 1.807) is 25.1 Å². The van der Waals surface area contributed by atoms with Crippen molar-refractivity contribution in [3.63, 3.8) is 0 Å². The molecule has 0 saturated carbocycles. The number of aryl methyl sites for hydroxylation is 2. The Hall–Kier alpha value is -2.63. The van der Waals surface area contributed by atoms with Crippen molar-refractivity contribution < 1.29 is 19.1 Å². The largest absolute Gasteiger partial charge is 0.481 e. The second-order valence-corrected chi connectivity index (χ2v) is 4.32. The number of carbonyl (C=O) groups excluding carboxylic acids is 1. The third kappa shape index (κ3) is 3.44. The zero-order valence-corrected chi connectivity index (χ0v) is 10.9. The summed E-state index contributed by atoms with van der Waals surface area (Å²) in [4.78, 5) is 26.3. The van der Waals surface area contributed by atoms with E-state index < -0.39 is 5.97 Å². The van der Waals surface area contributed by atoms with Gasteiger partial charge in [-0.15, -0.1) is 0 Å². The van der Waals surface area contributed by atoms with E-state index in [1.807, 2.05) is 6.07 Å². The number of hydrogen-bond acceptors (Lipinski definition) is 4. The fourth-order valence-electron chi connectivity index (χ4n) is 1.76. The molecule has 0 atom stereocenters. The van der Waals surface area contributed by atoms with Crippen LogP contribution in [0.15, 0.2) is 35.1 Å². The highest BCUT2D eigenvalue weighted by Crippen LogP contribution is 2.14. The highest BCUT2D eigenvalue weighted by atomic mass is 16.4. The first-order chi connectivity index (χ1) is 9.56. The number of carboxylic acids is 1. The van der Waals surface area contributed by atoms with E-state index in [1.165, 1.54) is 6.39 Å². The Bertz CT molecular complexity index is 634. The van der Waals surface area contributed by atoms with E-state index in [0.29, 0.717) is 17.8 Å². The average molecular weight is 274 g/mol. The van der Waals surface area contributed by atoms with Crippen LogP contribution in [-0.2, 0) is 11.2 Å². The van der Waals surface area contributed by atoms with Gasteiger partial charge in [-0.05, 0) is 31.0 Å². The average Bonchev–Trinajstić information content (AvgIpc) is 2.83. The Morgan fingerprint density at radius 2 is 2.20 bits per heavy atom. The lowest BCUT2D eigenvalue weighted by Crippen LogP contribution is -2.12. The maximum Gasteiger partial charge on any atom is 0.303 e. The molecule has 0 bridgehead atoms. The van der Waals surface area contributed by atoms with Crippen molar-refractivity contribution in [1.82, 2.24) is 4.98 Å². The van der Waals surface area contributed by atoms with E-state index >= 15 is 0 Å². The first kappa shape index (κ1) is 13.8. The van der Waals surface area contributed by atoms with Gasteiger partial charge in [0, 0.05) is 12.1 Å². The second kappa shape index (κ2) is 6.01. The number of aliphatic carboxylic acids is 1. The molecule has 1 aromatic heterocycles. The van der Waals surface area contributed by atoms with Crippen LogP contribution >= 0.6 is 0 Å². The van der Waals surface area contributed by atoms with E-state index in [-0.39, 0.29) is 18.1 Å². The number of oxazole rings is 1. The summed E-state index contributed by atoms with van der Waals surface area (Å²) in [7, 11) is 0. The van der Waals surface area contributed by atoms with Crippen molar-refractivity contribution in [3.8, 4) is 0 Å². The third-order valence-electron chi connectivity index (χ3n) is 2.76. The molecule has 2 N–H and O–H groups in total. The zero-order chi connectivity index (χ0) is 14.5. The van der Waals surface area contributed by atoms with Crippen LogP contribution in [0.4, 0.5) is 5.69 Å². The van der Waals surface area contributed by atoms with Gasteiger partial charge in [-0.1, -0.05) is 12.1 Å². The van der Waals surface area contributed by atoms with Crippen LogP contribution in [0.25, 0.3) is 0 Å². The number of hydrogen-bond donors (Lipinski definition) is 2. The fraction of sp³-hybridized carbons (Fsp3) is 0.214. The highest BCUT2D eigenvalue weighted by molar-refractivity contribution is 6.02. The molecule has 0 unspecified atom stereocenters. The number of aromatic nitrogens is 1. The summed E-state index contributed by atoms with van der Waals surface area (Å²) in [6.07, 6.45) is 1.69. The van der Waals surface area contributed by atoms with Gasteiger partial charge in [0.25, 0.3) is 5.91 Å². The van der Waals surface area contributed by atoms with Gasteiger partial charge in [0.15, 0.2) is 6.39 Å². The van der Waals surface area contributed by atoms with Crippen LogP contribution in [0, 0.1) is 6.92 Å². The quantitative estimate of drug-likeness (QED) is 0.872. The number of amides is 1. The monoisotopic (exact) mass is 274 g/mol. The van der Waals surface area contributed by atoms with Crippen molar-refractivity contribution >= 4 is 17.6 Å². The van der Waals surface area contributed by atoms with Gasteiger partial charge < -0.3 is 14.8 Å². The minimum Gasteiger partial charge on any atom is -0.481 e. The Balaban J connectivity index is 2.06. The van der Waals surface area contributed by atoms with Gasteiger partial charge in [0.05, 0.1) is 5.69 Å². The van der Waals surface area contributed by atoms with Crippen molar-refractivity contribution in [2.24, 2.45) is 0 Å². The maximum atomic E-state index is 11.9. The van der Waals surface area contributed by atoms with Crippen LogP contribution in [0.3, 0.4) is 0 Å². The van der Waals surface area contributed by atoms with Crippen LogP contribution < -0.4 is 5.32 Å². The molecule has 6 heteroatoms. The molecule has 1 heterocycles. The molecule has 1 amide bonds. The van der Waals surface area contributed by atoms with E-state index in [0.717, 1.165) is 5.56 Å². The molecule has 0 aliphatic carbocycles. The van der Waals surface area contributed by atoms with Gasteiger partial charge in [-0.3, -0.25) is 9.59 Å². The minimum atomic E-state index is -0.850. The minimum absolute atomic E-state index is 0.0542.